The third-order valence-electron chi connectivity index (χ3n) is 3.74. The lowest BCUT2D eigenvalue weighted by molar-refractivity contribution is -0.158. The molecule has 1 N–H and O–H groups in total. The fourth-order valence-corrected chi connectivity index (χ4v) is 2.82. The van der Waals surface area contributed by atoms with Crippen molar-refractivity contribution in [3.8, 4) is 0 Å². The summed E-state index contributed by atoms with van der Waals surface area (Å²) in [4.78, 5) is 11.7. The zero-order chi connectivity index (χ0) is 10.9. The summed E-state index contributed by atoms with van der Waals surface area (Å²) in [5, 5.41) is 3.29. The average molecular weight is 213 g/mol. The second-order valence-corrected chi connectivity index (χ2v) is 4.56. The second kappa shape index (κ2) is 4.10. The van der Waals surface area contributed by atoms with Crippen molar-refractivity contribution in [2.24, 2.45) is 11.3 Å². The molecule has 1 saturated carbocycles. The minimum absolute atomic E-state index is 0.0313. The fraction of sp³-hybridized carbons (Fsp3) is 0.909. The van der Waals surface area contributed by atoms with Gasteiger partial charge < -0.3 is 14.8 Å². The predicted octanol–water partition coefficient (Wildman–Crippen LogP) is 0.564. The first-order valence-corrected chi connectivity index (χ1v) is 5.62. The van der Waals surface area contributed by atoms with E-state index < -0.39 is 0 Å². The molecule has 2 fully saturated rings. The zero-order valence-electron chi connectivity index (χ0n) is 9.41. The van der Waals surface area contributed by atoms with Gasteiger partial charge in [0.1, 0.15) is 0 Å². The molecule has 0 aromatic rings. The van der Waals surface area contributed by atoms with Crippen molar-refractivity contribution in [1.29, 1.82) is 0 Å². The van der Waals surface area contributed by atoms with E-state index in [0.29, 0.717) is 12.7 Å². The summed E-state index contributed by atoms with van der Waals surface area (Å²) in [5.41, 5.74) is 0.118. The van der Waals surface area contributed by atoms with Crippen LogP contribution in [0.2, 0.25) is 0 Å². The van der Waals surface area contributed by atoms with Gasteiger partial charge in [0, 0.05) is 25.6 Å². The molecule has 2 aliphatic rings. The molecule has 4 heteroatoms. The molecule has 0 aromatic heterocycles. The maximum atomic E-state index is 11.7. The zero-order valence-corrected chi connectivity index (χ0v) is 9.41. The summed E-state index contributed by atoms with van der Waals surface area (Å²) in [6, 6.07) is 0. The van der Waals surface area contributed by atoms with Gasteiger partial charge in [-0.3, -0.25) is 4.79 Å². The third kappa shape index (κ3) is 1.76. The highest BCUT2D eigenvalue weighted by atomic mass is 16.5. The van der Waals surface area contributed by atoms with E-state index in [-0.39, 0.29) is 17.3 Å². The predicted molar refractivity (Wildman–Crippen MR) is 55.5 cm³/mol. The highest BCUT2D eigenvalue weighted by Crippen LogP contribution is 2.50. The van der Waals surface area contributed by atoms with Crippen LogP contribution in [0.25, 0.3) is 0 Å². The first kappa shape index (κ1) is 10.9. The maximum Gasteiger partial charge on any atom is 0.310 e. The van der Waals surface area contributed by atoms with Crippen LogP contribution in [-0.4, -0.2) is 38.9 Å². The van der Waals surface area contributed by atoms with Crippen LogP contribution in [0.4, 0.5) is 0 Å². The number of nitrogens with one attached hydrogen (secondary N) is 1. The van der Waals surface area contributed by atoms with Crippen molar-refractivity contribution < 1.29 is 14.3 Å². The van der Waals surface area contributed by atoms with Gasteiger partial charge >= 0.3 is 5.97 Å². The van der Waals surface area contributed by atoms with Crippen LogP contribution in [0.15, 0.2) is 0 Å². The van der Waals surface area contributed by atoms with E-state index in [1.807, 2.05) is 6.92 Å². The number of carbonyl (C=O) groups excluding carboxylic acids is 1. The molecule has 1 spiro atoms. The molecule has 2 rings (SSSR count). The van der Waals surface area contributed by atoms with Crippen molar-refractivity contribution in [2.75, 3.05) is 26.8 Å². The van der Waals surface area contributed by atoms with Crippen LogP contribution < -0.4 is 5.32 Å². The molecule has 0 aromatic carbocycles. The minimum Gasteiger partial charge on any atom is -0.466 e. The number of esters is 1. The smallest absolute Gasteiger partial charge is 0.310 e. The molecule has 1 aliphatic carbocycles. The van der Waals surface area contributed by atoms with Gasteiger partial charge in [0.2, 0.25) is 0 Å². The van der Waals surface area contributed by atoms with Gasteiger partial charge in [-0.05, 0) is 19.8 Å². The molecule has 1 unspecified atom stereocenters. The lowest BCUT2D eigenvalue weighted by atomic mass is 9.61. The van der Waals surface area contributed by atoms with Gasteiger partial charge in [0.05, 0.1) is 18.6 Å². The van der Waals surface area contributed by atoms with Crippen LogP contribution >= 0.6 is 0 Å². The molecule has 0 bridgehead atoms. The average Bonchev–Trinajstić information content (AvgIpc) is 2.59. The summed E-state index contributed by atoms with van der Waals surface area (Å²) < 4.78 is 10.4. The minimum atomic E-state index is -0.0444. The molecule has 0 radical (unpaired) electrons. The highest BCUT2D eigenvalue weighted by molar-refractivity contribution is 5.74. The lowest BCUT2D eigenvalue weighted by Crippen LogP contribution is -2.49. The Kier molecular flexibility index (Phi) is 2.98. The van der Waals surface area contributed by atoms with Crippen molar-refractivity contribution in [3.63, 3.8) is 0 Å². The number of ether oxygens (including phenoxy) is 2. The van der Waals surface area contributed by atoms with Crippen LogP contribution in [0.5, 0.6) is 0 Å². The van der Waals surface area contributed by atoms with E-state index in [0.717, 1.165) is 25.9 Å². The van der Waals surface area contributed by atoms with Gasteiger partial charge in [-0.15, -0.1) is 0 Å². The normalized spacial score (nSPS) is 39.1. The van der Waals surface area contributed by atoms with Crippen molar-refractivity contribution in [3.05, 3.63) is 0 Å². The van der Waals surface area contributed by atoms with Crippen molar-refractivity contribution >= 4 is 5.97 Å². The van der Waals surface area contributed by atoms with Crippen LogP contribution in [0, 0.1) is 11.3 Å². The Morgan fingerprint density at radius 2 is 2.27 bits per heavy atom. The maximum absolute atomic E-state index is 11.7. The monoisotopic (exact) mass is 213 g/mol. The summed E-state index contributed by atoms with van der Waals surface area (Å²) in [5.74, 6) is -0.0131. The molecule has 0 amide bonds. The van der Waals surface area contributed by atoms with Crippen molar-refractivity contribution in [2.45, 2.75) is 25.9 Å². The fourth-order valence-electron chi connectivity index (χ4n) is 2.82. The van der Waals surface area contributed by atoms with E-state index in [9.17, 15) is 4.79 Å². The summed E-state index contributed by atoms with van der Waals surface area (Å²) in [6.07, 6.45) is 2.31. The Labute approximate surface area is 90.3 Å². The van der Waals surface area contributed by atoms with E-state index in [4.69, 9.17) is 9.47 Å². The first-order chi connectivity index (χ1) is 7.22. The molecule has 1 saturated heterocycles. The van der Waals surface area contributed by atoms with E-state index in [1.54, 1.807) is 7.11 Å². The van der Waals surface area contributed by atoms with E-state index in [1.165, 1.54) is 0 Å². The first-order valence-electron chi connectivity index (χ1n) is 5.62. The Balaban J connectivity index is 1.97. The second-order valence-electron chi connectivity index (χ2n) is 4.56. The lowest BCUT2D eigenvalue weighted by Gasteiger charge is -2.46. The molecule has 86 valence electrons. The van der Waals surface area contributed by atoms with Gasteiger partial charge in [-0.25, -0.2) is 0 Å². The van der Waals surface area contributed by atoms with Gasteiger partial charge in [0.15, 0.2) is 0 Å². The Hall–Kier alpha value is -0.610. The number of carbonyl (C=O) groups is 1. The third-order valence-corrected chi connectivity index (χ3v) is 3.74. The van der Waals surface area contributed by atoms with Crippen molar-refractivity contribution in [1.82, 2.24) is 5.32 Å². The molecule has 1 aliphatic heterocycles. The Morgan fingerprint density at radius 1 is 1.53 bits per heavy atom. The number of methoxy groups -OCH3 is 1. The molecule has 1 atom stereocenters. The molecular formula is C11H19NO3. The Bertz CT molecular complexity index is 248. The topological polar surface area (TPSA) is 47.6 Å². The number of hydrogen-bond acceptors (Lipinski definition) is 4. The largest absolute Gasteiger partial charge is 0.466 e. The van der Waals surface area contributed by atoms with Crippen LogP contribution in [0.3, 0.4) is 0 Å². The van der Waals surface area contributed by atoms with E-state index >= 15 is 0 Å². The standard InChI is InChI=1S/C11H19NO3/c1-3-15-10(13)9-6-12-7-11(9)4-8(5-11)14-2/h8-9,12H,3-7H2,1-2H3. The molecule has 15 heavy (non-hydrogen) atoms. The molecule has 4 nitrogen and oxygen atoms in total. The van der Waals surface area contributed by atoms with Crippen LogP contribution in [0.1, 0.15) is 19.8 Å². The quantitative estimate of drug-likeness (QED) is 0.696. The number of rotatable bonds is 3. The summed E-state index contributed by atoms with van der Waals surface area (Å²) in [7, 11) is 1.74. The highest BCUT2D eigenvalue weighted by Gasteiger charge is 2.55. The number of hydrogen-bond donors (Lipinski definition) is 1. The van der Waals surface area contributed by atoms with Gasteiger partial charge in [0.25, 0.3) is 0 Å². The Morgan fingerprint density at radius 3 is 2.87 bits per heavy atom. The van der Waals surface area contributed by atoms with Gasteiger partial charge in [-0.2, -0.15) is 0 Å². The van der Waals surface area contributed by atoms with E-state index in [2.05, 4.69) is 5.32 Å². The van der Waals surface area contributed by atoms with Crippen LogP contribution in [-0.2, 0) is 14.3 Å². The molecule has 1 heterocycles. The SMILES string of the molecule is CCOC(=O)C1CNCC12CC(OC)C2. The summed E-state index contributed by atoms with van der Waals surface area (Å²) >= 11 is 0. The van der Waals surface area contributed by atoms with Gasteiger partial charge in [-0.1, -0.05) is 0 Å². The summed E-state index contributed by atoms with van der Waals surface area (Å²) in [6.45, 7) is 4.01. The molecular weight excluding hydrogens is 194 g/mol.